The van der Waals surface area contributed by atoms with Crippen LogP contribution >= 0.6 is 24.0 Å². The molecule has 1 aliphatic rings. The van der Waals surface area contributed by atoms with Crippen LogP contribution in [0.4, 0.5) is 14.5 Å². The van der Waals surface area contributed by atoms with Crippen LogP contribution in [0, 0.1) is 25.2 Å². The smallest absolute Gasteiger partial charge is 0.281 e. The number of methoxy groups -OCH3 is 1. The zero-order chi connectivity index (χ0) is 26.7. The second kappa shape index (κ2) is 11.1. The molecule has 1 aliphatic heterocycles. The zero-order valence-electron chi connectivity index (χ0n) is 20.2. The lowest BCUT2D eigenvalue weighted by atomic mass is 10.1. The molecule has 3 aromatic rings. The largest absolute Gasteiger partial charge is 0.496 e. The summed E-state index contributed by atoms with van der Waals surface area (Å²) in [4.78, 5) is 18.6. The first-order chi connectivity index (χ1) is 17.7. The van der Waals surface area contributed by atoms with E-state index in [9.17, 15) is 18.8 Å². The average molecular weight is 537 g/mol. The number of carbonyl (C=O) groups excluding carboxylic acids is 1. The lowest BCUT2D eigenvalue weighted by molar-refractivity contribution is -0.113. The number of hydrogen-bond donors (Lipinski definition) is 1. The number of hydrogen-bond acceptors (Lipinski definition) is 6. The number of rotatable bonds is 7. The average Bonchev–Trinajstić information content (AvgIpc) is 3.14. The minimum Gasteiger partial charge on any atom is -0.496 e. The summed E-state index contributed by atoms with van der Waals surface area (Å²) in [5, 5.41) is 13.0. The van der Waals surface area contributed by atoms with Gasteiger partial charge in [-0.1, -0.05) is 18.2 Å². The number of halogens is 2. The molecule has 188 valence electrons. The van der Waals surface area contributed by atoms with Crippen LogP contribution in [0.1, 0.15) is 39.9 Å². The van der Waals surface area contributed by atoms with Crippen molar-refractivity contribution in [3.8, 4) is 11.8 Å². The van der Waals surface area contributed by atoms with E-state index in [1.165, 1.54) is 29.8 Å². The number of alkyl halides is 2. The predicted molar refractivity (Wildman–Crippen MR) is 144 cm³/mol. The van der Waals surface area contributed by atoms with Crippen LogP contribution in [-0.2, 0) is 10.5 Å². The minimum absolute atomic E-state index is 0.232. The monoisotopic (exact) mass is 536 g/mol. The van der Waals surface area contributed by atoms with Crippen LogP contribution in [0.25, 0.3) is 6.08 Å². The van der Waals surface area contributed by atoms with E-state index in [4.69, 9.17) is 17.0 Å². The third-order valence-electron chi connectivity index (χ3n) is 5.66. The molecule has 2 heterocycles. The van der Waals surface area contributed by atoms with Gasteiger partial charge in [0.25, 0.3) is 12.3 Å². The third-order valence-corrected chi connectivity index (χ3v) is 6.97. The number of pyridine rings is 1. The van der Waals surface area contributed by atoms with Gasteiger partial charge >= 0.3 is 0 Å². The summed E-state index contributed by atoms with van der Waals surface area (Å²) in [7, 11) is 1.53. The molecule has 1 N–H and O–H groups in total. The summed E-state index contributed by atoms with van der Waals surface area (Å²) >= 11 is 6.58. The molecular formula is C27H22F2N4O2S2. The van der Waals surface area contributed by atoms with Gasteiger partial charge in [-0.3, -0.25) is 9.69 Å². The molecule has 2 aromatic carbocycles. The number of anilines is 1. The number of thiocarbonyl (C=S) groups is 1. The highest BCUT2D eigenvalue weighted by molar-refractivity contribution is 7.98. The highest BCUT2D eigenvalue weighted by Crippen LogP contribution is 2.33. The Hall–Kier alpha value is -3.81. The zero-order valence-corrected chi connectivity index (χ0v) is 21.8. The fourth-order valence-electron chi connectivity index (χ4n) is 3.87. The van der Waals surface area contributed by atoms with E-state index in [1.54, 1.807) is 25.1 Å². The van der Waals surface area contributed by atoms with Crippen LogP contribution < -0.4 is 15.0 Å². The lowest BCUT2D eigenvalue weighted by Crippen LogP contribution is -2.30. The molecule has 1 fully saturated rings. The van der Waals surface area contributed by atoms with Crippen LogP contribution in [0.5, 0.6) is 5.75 Å². The van der Waals surface area contributed by atoms with Crippen molar-refractivity contribution in [2.24, 2.45) is 0 Å². The van der Waals surface area contributed by atoms with E-state index >= 15 is 0 Å². The van der Waals surface area contributed by atoms with E-state index in [2.05, 4.69) is 16.4 Å². The molecule has 4 rings (SSSR count). The van der Waals surface area contributed by atoms with Gasteiger partial charge < -0.3 is 10.1 Å². The maximum atomic E-state index is 13.3. The Kier molecular flexibility index (Phi) is 7.86. The first-order valence-corrected chi connectivity index (χ1v) is 12.5. The molecule has 0 aliphatic carbocycles. The lowest BCUT2D eigenvalue weighted by Gasteiger charge is -2.14. The van der Waals surface area contributed by atoms with Crippen molar-refractivity contribution in [2.75, 3.05) is 12.0 Å². The van der Waals surface area contributed by atoms with E-state index in [0.29, 0.717) is 34.0 Å². The summed E-state index contributed by atoms with van der Waals surface area (Å²) in [6.45, 7) is 3.55. The number of ether oxygens (including phenoxy) is 1. The van der Waals surface area contributed by atoms with Gasteiger partial charge in [-0.15, -0.1) is 11.8 Å². The van der Waals surface area contributed by atoms with Gasteiger partial charge in [0.1, 0.15) is 28.2 Å². The second-order valence-corrected chi connectivity index (χ2v) is 9.64. The van der Waals surface area contributed by atoms with Gasteiger partial charge in [-0.05, 0) is 79.2 Å². The highest BCUT2D eigenvalue weighted by atomic mass is 32.2. The highest BCUT2D eigenvalue weighted by Gasteiger charge is 2.32. The summed E-state index contributed by atoms with van der Waals surface area (Å²) < 4.78 is 32.0. The fraction of sp³-hybridized carbons (Fsp3) is 0.185. The number of nitrogens with one attached hydrogen (secondary N) is 1. The van der Waals surface area contributed by atoms with Gasteiger partial charge in [0.2, 0.25) is 0 Å². The molecule has 0 saturated carbocycles. The number of carbonyl (C=O) groups is 1. The molecule has 0 bridgehead atoms. The maximum absolute atomic E-state index is 13.3. The van der Waals surface area contributed by atoms with Crippen molar-refractivity contribution in [1.82, 2.24) is 10.3 Å². The number of amides is 1. The van der Waals surface area contributed by atoms with Gasteiger partial charge in [-0.25, -0.2) is 13.8 Å². The number of benzene rings is 2. The first-order valence-electron chi connectivity index (χ1n) is 11.1. The number of nitrogens with zero attached hydrogens (tertiary/aromatic N) is 3. The second-order valence-electron chi connectivity index (χ2n) is 8.28. The van der Waals surface area contributed by atoms with Gasteiger partial charge in [0.15, 0.2) is 5.11 Å². The Morgan fingerprint density at radius 2 is 2.03 bits per heavy atom. The van der Waals surface area contributed by atoms with Crippen molar-refractivity contribution >= 4 is 46.8 Å². The minimum atomic E-state index is -2.74. The molecule has 1 aromatic heterocycles. The molecular weight excluding hydrogens is 514 g/mol. The molecule has 6 nitrogen and oxygen atoms in total. The number of aryl methyl sites for hydroxylation is 2. The van der Waals surface area contributed by atoms with Crippen molar-refractivity contribution in [1.29, 1.82) is 5.26 Å². The third kappa shape index (κ3) is 5.63. The fourth-order valence-corrected chi connectivity index (χ4v) is 5.21. The molecule has 37 heavy (non-hydrogen) atoms. The molecule has 0 radical (unpaired) electrons. The van der Waals surface area contributed by atoms with Gasteiger partial charge in [0, 0.05) is 11.3 Å². The molecule has 0 atom stereocenters. The van der Waals surface area contributed by atoms with E-state index in [-0.39, 0.29) is 27.3 Å². The standard InChI is InChI=1S/C27H22F2N4O2S2/c1-15-5-4-6-19(9-15)33-26(34)22(32-27(33)36)12-17-7-8-23(35-3)18(11-17)14-37-25-20(13-30)16(2)10-21(31-25)24(28)29/h4-12,24H,14H2,1-3H3,(H,32,36)/b22-12+. The Morgan fingerprint density at radius 1 is 1.24 bits per heavy atom. The quantitative estimate of drug-likeness (QED) is 0.223. The van der Waals surface area contributed by atoms with Crippen molar-refractivity contribution in [3.05, 3.63) is 87.7 Å². The molecule has 1 saturated heterocycles. The molecule has 0 unspecified atom stereocenters. The van der Waals surface area contributed by atoms with Crippen molar-refractivity contribution in [3.63, 3.8) is 0 Å². The van der Waals surface area contributed by atoms with Crippen LogP contribution in [-0.4, -0.2) is 23.1 Å². The van der Waals surface area contributed by atoms with Crippen molar-refractivity contribution < 1.29 is 18.3 Å². The Morgan fingerprint density at radius 3 is 2.70 bits per heavy atom. The first kappa shape index (κ1) is 26.3. The molecule has 10 heteroatoms. The van der Waals surface area contributed by atoms with Gasteiger partial charge in [-0.2, -0.15) is 5.26 Å². The molecule has 1 amide bonds. The van der Waals surface area contributed by atoms with Crippen LogP contribution in [0.15, 0.2) is 59.3 Å². The normalized spacial score (nSPS) is 14.3. The molecule has 0 spiro atoms. The summed E-state index contributed by atoms with van der Waals surface area (Å²) in [5.41, 5.74) is 3.81. The topological polar surface area (TPSA) is 78.2 Å². The summed E-state index contributed by atoms with van der Waals surface area (Å²) in [5.74, 6) is 0.616. The SMILES string of the molecule is COc1ccc(/C=C2/NC(=S)N(c3cccc(C)c3)C2=O)cc1CSc1nc(C(F)F)cc(C)c1C#N. The predicted octanol–water partition coefficient (Wildman–Crippen LogP) is 6.07. The van der Waals surface area contributed by atoms with E-state index < -0.39 is 6.43 Å². The van der Waals surface area contributed by atoms with Crippen molar-refractivity contribution in [2.45, 2.75) is 31.1 Å². The Balaban J connectivity index is 1.61. The van der Waals surface area contributed by atoms with Crippen LogP contribution in [0.3, 0.4) is 0 Å². The Bertz CT molecular complexity index is 1470. The number of nitriles is 1. The number of aromatic nitrogens is 1. The summed E-state index contributed by atoms with van der Waals surface area (Å²) in [6.07, 6.45) is -1.05. The van der Waals surface area contributed by atoms with Gasteiger partial charge in [0.05, 0.1) is 18.4 Å². The summed E-state index contributed by atoms with van der Waals surface area (Å²) in [6, 6.07) is 16.2. The maximum Gasteiger partial charge on any atom is 0.281 e. The van der Waals surface area contributed by atoms with E-state index in [1.807, 2.05) is 37.3 Å². The number of thioether (sulfide) groups is 1. The van der Waals surface area contributed by atoms with E-state index in [0.717, 1.165) is 11.1 Å². The Labute approximate surface area is 223 Å². The van der Waals surface area contributed by atoms with Crippen LogP contribution in [0.2, 0.25) is 0 Å².